The number of carboxylic acid groups (broad SMARTS) is 1. The number of Topliss-reactive ketones (excluding diaryl/α,β-unsaturated/α-hetero) is 1. The summed E-state index contributed by atoms with van der Waals surface area (Å²) in [5.41, 5.74) is 7.70. The lowest BCUT2D eigenvalue weighted by atomic mass is 9.98. The number of hydrogen-bond acceptors (Lipinski definition) is 5. The second-order valence-corrected chi connectivity index (χ2v) is 6.82. The molecule has 0 spiro atoms. The summed E-state index contributed by atoms with van der Waals surface area (Å²) in [6.07, 6.45) is 1.40. The molecule has 1 aromatic carbocycles. The van der Waals surface area contributed by atoms with Crippen LogP contribution in [0.5, 0.6) is 5.88 Å². The van der Waals surface area contributed by atoms with E-state index in [1.165, 1.54) is 12.1 Å². The molecule has 0 saturated carbocycles. The Hall–Kier alpha value is -3.75. The van der Waals surface area contributed by atoms with Crippen molar-refractivity contribution in [3.63, 3.8) is 0 Å². The number of hydrogen-bond donors (Lipinski definition) is 2. The third kappa shape index (κ3) is 4.00. The Morgan fingerprint density at radius 3 is 2.47 bits per heavy atom. The molecular formula is C21H20FN3O5. The fourth-order valence-electron chi connectivity index (χ4n) is 3.50. The van der Waals surface area contributed by atoms with Crippen LogP contribution in [-0.2, 0) is 17.6 Å². The number of primary amides is 1. The van der Waals surface area contributed by atoms with Crippen LogP contribution in [0.1, 0.15) is 46.2 Å². The Morgan fingerprint density at radius 1 is 1.23 bits per heavy atom. The van der Waals surface area contributed by atoms with Gasteiger partial charge in [0.15, 0.2) is 0 Å². The minimum Gasteiger partial charge on any atom is -0.449 e. The van der Waals surface area contributed by atoms with Crippen LogP contribution < -0.4 is 10.5 Å². The Labute approximate surface area is 171 Å². The number of aryl methyl sites for hydroxylation is 1. The van der Waals surface area contributed by atoms with E-state index in [1.54, 1.807) is 29.7 Å². The summed E-state index contributed by atoms with van der Waals surface area (Å²) in [5.74, 6) is -2.82. The quantitative estimate of drug-likeness (QED) is 0.349. The summed E-state index contributed by atoms with van der Waals surface area (Å²) in [6, 6.07) is 5.88. The van der Waals surface area contributed by atoms with Crippen LogP contribution in [0, 0.1) is 12.7 Å². The van der Waals surface area contributed by atoms with E-state index in [-0.39, 0.29) is 22.8 Å². The fraction of sp³-hybridized carbons (Fsp3) is 0.238. The van der Waals surface area contributed by atoms with Gasteiger partial charge in [0.05, 0.1) is 11.3 Å². The number of nitrogens with zero attached hydrogens (tertiary/aromatic N) is 2. The van der Waals surface area contributed by atoms with Gasteiger partial charge in [-0.05, 0) is 36.6 Å². The maximum atomic E-state index is 13.3. The van der Waals surface area contributed by atoms with Crippen LogP contribution in [0.3, 0.4) is 0 Å². The molecular weight excluding hydrogens is 393 g/mol. The molecule has 2 heterocycles. The molecule has 0 saturated heterocycles. The summed E-state index contributed by atoms with van der Waals surface area (Å²) in [4.78, 5) is 39.8. The van der Waals surface area contributed by atoms with Crippen LogP contribution in [0.25, 0.3) is 5.52 Å². The van der Waals surface area contributed by atoms with Crippen LogP contribution in [-0.4, -0.2) is 32.3 Å². The molecule has 9 heteroatoms. The number of benzene rings is 1. The van der Waals surface area contributed by atoms with Crippen molar-refractivity contribution in [3.8, 4) is 5.88 Å². The van der Waals surface area contributed by atoms with Gasteiger partial charge < -0.3 is 20.0 Å². The molecule has 0 aliphatic carbocycles. The molecule has 0 bridgehead atoms. The lowest BCUT2D eigenvalue weighted by Crippen LogP contribution is -2.24. The van der Waals surface area contributed by atoms with Crippen LogP contribution in [0.4, 0.5) is 9.18 Å². The molecule has 0 atom stereocenters. The third-order valence-electron chi connectivity index (χ3n) is 4.63. The van der Waals surface area contributed by atoms with Gasteiger partial charge in [-0.15, -0.1) is 0 Å². The highest BCUT2D eigenvalue weighted by Crippen LogP contribution is 2.33. The number of ether oxygens (including phenoxy) is 1. The summed E-state index contributed by atoms with van der Waals surface area (Å²) in [6.45, 7) is 3.55. The molecule has 3 aromatic rings. The highest BCUT2D eigenvalue weighted by molar-refractivity contribution is 6.44. The number of halogens is 1. The van der Waals surface area contributed by atoms with E-state index in [0.29, 0.717) is 36.2 Å². The standard InChI is InChI=1S/C21H20FN3O5/c1-3-4-14-15(9-12-5-7-13(22)8-6-12)25-10-11(2)24-20(30-21(28)29)17(25)16(14)18(26)19(23)27/h5-8,10H,3-4,9H2,1-2H3,(H2,23,27)(H,28,29). The highest BCUT2D eigenvalue weighted by Gasteiger charge is 2.29. The SMILES string of the molecule is CCCc1c(C(=O)C(N)=O)c2c(OC(=O)O)nc(C)cn2c1Cc1ccc(F)cc1. The fourth-order valence-corrected chi connectivity index (χ4v) is 3.50. The largest absolute Gasteiger partial charge is 0.512 e. The molecule has 0 unspecified atom stereocenters. The highest BCUT2D eigenvalue weighted by atomic mass is 19.1. The maximum Gasteiger partial charge on any atom is 0.512 e. The molecule has 0 aliphatic rings. The van der Waals surface area contributed by atoms with Gasteiger partial charge in [-0.2, -0.15) is 0 Å². The second-order valence-electron chi connectivity index (χ2n) is 6.82. The molecule has 3 N–H and O–H groups in total. The van der Waals surface area contributed by atoms with E-state index in [2.05, 4.69) is 4.98 Å². The number of fused-ring (bicyclic) bond motifs is 1. The van der Waals surface area contributed by atoms with E-state index in [9.17, 15) is 18.8 Å². The number of ketones is 1. The van der Waals surface area contributed by atoms with E-state index < -0.39 is 17.8 Å². The molecule has 0 fully saturated rings. The molecule has 30 heavy (non-hydrogen) atoms. The van der Waals surface area contributed by atoms with E-state index in [0.717, 1.165) is 5.56 Å². The number of nitrogens with two attached hydrogens (primary N) is 1. The van der Waals surface area contributed by atoms with Gasteiger partial charge in [0, 0.05) is 18.3 Å². The monoisotopic (exact) mass is 413 g/mol. The van der Waals surface area contributed by atoms with Gasteiger partial charge in [-0.1, -0.05) is 25.5 Å². The van der Waals surface area contributed by atoms with Crippen molar-refractivity contribution in [2.45, 2.75) is 33.1 Å². The first-order valence-corrected chi connectivity index (χ1v) is 9.25. The van der Waals surface area contributed by atoms with Crippen molar-refractivity contribution in [1.82, 2.24) is 9.38 Å². The van der Waals surface area contributed by atoms with Crippen LogP contribution in [0.2, 0.25) is 0 Å². The zero-order valence-electron chi connectivity index (χ0n) is 16.4. The molecule has 2 aromatic heterocycles. The van der Waals surface area contributed by atoms with E-state index in [4.69, 9.17) is 15.6 Å². The Kier molecular flexibility index (Phi) is 5.81. The van der Waals surface area contributed by atoms with Gasteiger partial charge in [0.25, 0.3) is 17.6 Å². The average Bonchev–Trinajstić information content (AvgIpc) is 2.96. The molecule has 1 amide bonds. The zero-order chi connectivity index (χ0) is 22.0. The van der Waals surface area contributed by atoms with Crippen molar-refractivity contribution in [1.29, 1.82) is 0 Å². The van der Waals surface area contributed by atoms with Gasteiger partial charge in [0.1, 0.15) is 11.3 Å². The van der Waals surface area contributed by atoms with Crippen molar-refractivity contribution < 1.29 is 28.6 Å². The predicted molar refractivity (Wildman–Crippen MR) is 105 cm³/mol. The number of amides is 1. The molecule has 0 radical (unpaired) electrons. The molecule has 0 aliphatic heterocycles. The van der Waals surface area contributed by atoms with Crippen LogP contribution >= 0.6 is 0 Å². The summed E-state index contributed by atoms with van der Waals surface area (Å²) >= 11 is 0. The number of carbonyl (C=O) groups is 3. The summed E-state index contributed by atoms with van der Waals surface area (Å²) in [7, 11) is 0. The van der Waals surface area contributed by atoms with Gasteiger partial charge in [0.2, 0.25) is 0 Å². The third-order valence-corrected chi connectivity index (χ3v) is 4.63. The lowest BCUT2D eigenvalue weighted by molar-refractivity contribution is -0.114. The van der Waals surface area contributed by atoms with Crippen molar-refractivity contribution in [2.75, 3.05) is 0 Å². The Morgan fingerprint density at radius 2 is 1.90 bits per heavy atom. The Balaban J connectivity index is 2.37. The maximum absolute atomic E-state index is 13.3. The van der Waals surface area contributed by atoms with Crippen molar-refractivity contribution in [2.24, 2.45) is 5.73 Å². The smallest absolute Gasteiger partial charge is 0.449 e. The van der Waals surface area contributed by atoms with Gasteiger partial charge in [-0.3, -0.25) is 9.59 Å². The average molecular weight is 413 g/mol. The number of carbonyl (C=O) groups excluding carboxylic acids is 2. The zero-order valence-corrected chi connectivity index (χ0v) is 16.4. The minimum atomic E-state index is -1.61. The number of rotatable bonds is 7. The molecule has 3 rings (SSSR count). The lowest BCUT2D eigenvalue weighted by Gasteiger charge is -2.09. The second kappa shape index (κ2) is 8.32. The van der Waals surface area contributed by atoms with Crippen molar-refractivity contribution in [3.05, 3.63) is 64.4 Å². The molecule has 156 valence electrons. The van der Waals surface area contributed by atoms with Gasteiger partial charge >= 0.3 is 6.16 Å². The number of aromatic nitrogens is 2. The summed E-state index contributed by atoms with van der Waals surface area (Å²) < 4.78 is 19.7. The normalized spacial score (nSPS) is 10.9. The van der Waals surface area contributed by atoms with E-state index in [1.807, 2.05) is 6.92 Å². The minimum absolute atomic E-state index is 0.0230. The first kappa shape index (κ1) is 21.0. The first-order valence-electron chi connectivity index (χ1n) is 9.25. The predicted octanol–water partition coefficient (Wildman–Crippen LogP) is 3.05. The van der Waals surface area contributed by atoms with Crippen molar-refractivity contribution >= 4 is 23.4 Å². The molecule has 8 nitrogen and oxygen atoms in total. The first-order chi connectivity index (χ1) is 14.2. The van der Waals surface area contributed by atoms with Gasteiger partial charge in [-0.25, -0.2) is 14.2 Å². The van der Waals surface area contributed by atoms with Crippen LogP contribution in [0.15, 0.2) is 30.5 Å². The van der Waals surface area contributed by atoms with E-state index >= 15 is 0 Å². The topological polar surface area (TPSA) is 124 Å². The summed E-state index contributed by atoms with van der Waals surface area (Å²) in [5, 5.41) is 9.11. The Bertz CT molecular complexity index is 1150.